The van der Waals surface area contributed by atoms with Gasteiger partial charge < -0.3 is 10.2 Å². The summed E-state index contributed by atoms with van der Waals surface area (Å²) in [5.74, 6) is 0.753. The van der Waals surface area contributed by atoms with E-state index in [9.17, 15) is 4.79 Å². The Balaban J connectivity index is 1.87. The number of rotatable bonds is 4. The highest BCUT2D eigenvalue weighted by Gasteiger charge is 2.19. The third-order valence-corrected chi connectivity index (χ3v) is 3.65. The van der Waals surface area contributed by atoms with Gasteiger partial charge in [0.05, 0.1) is 18.2 Å². The Kier molecular flexibility index (Phi) is 5.12. The zero-order chi connectivity index (χ0) is 15.2. The Morgan fingerprint density at radius 2 is 2.19 bits per heavy atom. The van der Waals surface area contributed by atoms with E-state index >= 15 is 0 Å². The van der Waals surface area contributed by atoms with Crippen LogP contribution in [-0.2, 0) is 0 Å². The van der Waals surface area contributed by atoms with Gasteiger partial charge in [0.1, 0.15) is 5.82 Å². The van der Waals surface area contributed by atoms with E-state index in [1.165, 1.54) is 4.90 Å². The highest BCUT2D eigenvalue weighted by atomic mass is 16.2. The predicted molar refractivity (Wildman–Crippen MR) is 81.0 cm³/mol. The van der Waals surface area contributed by atoms with Crippen molar-refractivity contribution in [1.29, 1.82) is 5.26 Å². The molecule has 0 atom stereocenters. The average Bonchev–Trinajstić information content (AvgIpc) is 2.49. The summed E-state index contributed by atoms with van der Waals surface area (Å²) in [5, 5.41) is 12.1. The van der Waals surface area contributed by atoms with Crippen molar-refractivity contribution in [3.8, 4) is 6.07 Å². The molecule has 2 heterocycles. The van der Waals surface area contributed by atoms with Crippen LogP contribution < -0.4 is 5.32 Å². The Labute approximate surface area is 125 Å². The van der Waals surface area contributed by atoms with Crippen molar-refractivity contribution in [2.45, 2.75) is 18.9 Å². The lowest BCUT2D eigenvalue weighted by molar-refractivity contribution is 0.0827. The third kappa shape index (κ3) is 4.17. The number of hydrogen-bond acceptors (Lipinski definition) is 5. The lowest BCUT2D eigenvalue weighted by Crippen LogP contribution is -2.39. The number of carbonyl (C=O) groups excluding carboxylic acids is 1. The molecule has 0 aliphatic carbocycles. The van der Waals surface area contributed by atoms with Crippen LogP contribution in [0.2, 0.25) is 0 Å². The SMILES string of the molecule is CN(C)C(=O)c1ccc(NC2CCN(CC#N)CC2)nc1. The van der Waals surface area contributed by atoms with Gasteiger partial charge in [-0.15, -0.1) is 0 Å². The first-order valence-electron chi connectivity index (χ1n) is 7.13. The van der Waals surface area contributed by atoms with Crippen molar-refractivity contribution in [3.63, 3.8) is 0 Å². The second-order valence-corrected chi connectivity index (χ2v) is 5.48. The van der Waals surface area contributed by atoms with E-state index in [2.05, 4.69) is 21.3 Å². The van der Waals surface area contributed by atoms with Crippen LogP contribution in [0.1, 0.15) is 23.2 Å². The molecule has 112 valence electrons. The van der Waals surface area contributed by atoms with Crippen molar-refractivity contribution >= 4 is 11.7 Å². The summed E-state index contributed by atoms with van der Waals surface area (Å²) in [6, 6.07) is 6.20. The summed E-state index contributed by atoms with van der Waals surface area (Å²) in [5.41, 5.74) is 0.592. The van der Waals surface area contributed by atoms with E-state index in [1.807, 2.05) is 6.07 Å². The van der Waals surface area contributed by atoms with E-state index in [4.69, 9.17) is 5.26 Å². The van der Waals surface area contributed by atoms with Crippen LogP contribution in [0.4, 0.5) is 5.82 Å². The number of nitrogens with one attached hydrogen (secondary N) is 1. The smallest absolute Gasteiger partial charge is 0.254 e. The van der Waals surface area contributed by atoms with Crippen molar-refractivity contribution in [1.82, 2.24) is 14.8 Å². The number of likely N-dealkylation sites (tertiary alicyclic amines) is 1. The molecule has 1 saturated heterocycles. The summed E-state index contributed by atoms with van der Waals surface area (Å²) < 4.78 is 0. The second-order valence-electron chi connectivity index (χ2n) is 5.48. The van der Waals surface area contributed by atoms with Crippen molar-refractivity contribution in [2.24, 2.45) is 0 Å². The molecule has 0 radical (unpaired) electrons. The van der Waals surface area contributed by atoms with Crippen LogP contribution in [0.15, 0.2) is 18.3 Å². The number of piperidine rings is 1. The minimum absolute atomic E-state index is 0.0427. The normalized spacial score (nSPS) is 16.2. The number of nitrogens with zero attached hydrogens (tertiary/aromatic N) is 4. The van der Waals surface area contributed by atoms with Crippen LogP contribution in [0.5, 0.6) is 0 Å². The van der Waals surface area contributed by atoms with E-state index in [-0.39, 0.29) is 5.91 Å². The molecular weight excluding hydrogens is 266 g/mol. The zero-order valence-corrected chi connectivity index (χ0v) is 12.5. The lowest BCUT2D eigenvalue weighted by atomic mass is 10.1. The Morgan fingerprint density at radius 3 is 2.71 bits per heavy atom. The first-order chi connectivity index (χ1) is 10.1. The molecule has 1 aromatic rings. The summed E-state index contributed by atoms with van der Waals surface area (Å²) in [7, 11) is 3.45. The summed E-state index contributed by atoms with van der Waals surface area (Å²) in [4.78, 5) is 19.8. The monoisotopic (exact) mass is 287 g/mol. The van der Waals surface area contributed by atoms with Crippen LogP contribution >= 0.6 is 0 Å². The molecule has 6 heteroatoms. The Bertz CT molecular complexity index is 512. The maximum Gasteiger partial charge on any atom is 0.254 e. The molecule has 1 aliphatic heterocycles. The standard InChI is InChI=1S/C15H21N5O/c1-19(2)15(21)12-3-4-14(17-11-12)18-13-5-8-20(9-6-13)10-7-16/h3-4,11,13H,5-6,8-10H2,1-2H3,(H,17,18). The Hall–Kier alpha value is -2.13. The summed E-state index contributed by atoms with van der Waals surface area (Å²) >= 11 is 0. The molecule has 0 saturated carbocycles. The summed E-state index contributed by atoms with van der Waals surface area (Å²) in [6.45, 7) is 2.37. The van der Waals surface area contributed by atoms with Crippen LogP contribution in [0.25, 0.3) is 0 Å². The predicted octanol–water partition coefficient (Wildman–Crippen LogP) is 1.18. The molecule has 0 unspecified atom stereocenters. The fraction of sp³-hybridized carbons (Fsp3) is 0.533. The highest BCUT2D eigenvalue weighted by Crippen LogP contribution is 2.15. The van der Waals surface area contributed by atoms with E-state index in [0.717, 1.165) is 31.7 Å². The van der Waals surface area contributed by atoms with Gasteiger partial charge in [-0.25, -0.2) is 4.98 Å². The molecule has 1 N–H and O–H groups in total. The number of hydrogen-bond donors (Lipinski definition) is 1. The molecule has 1 fully saturated rings. The maximum atomic E-state index is 11.8. The molecule has 0 spiro atoms. The lowest BCUT2D eigenvalue weighted by Gasteiger charge is -2.30. The zero-order valence-electron chi connectivity index (χ0n) is 12.5. The van der Waals surface area contributed by atoms with E-state index in [0.29, 0.717) is 18.2 Å². The largest absolute Gasteiger partial charge is 0.367 e. The van der Waals surface area contributed by atoms with Gasteiger partial charge in [0.25, 0.3) is 5.91 Å². The quantitative estimate of drug-likeness (QED) is 0.842. The van der Waals surface area contributed by atoms with Crippen molar-refractivity contribution < 1.29 is 4.79 Å². The van der Waals surface area contributed by atoms with Crippen molar-refractivity contribution in [3.05, 3.63) is 23.9 Å². The number of aromatic nitrogens is 1. The first kappa shape index (κ1) is 15.3. The van der Waals surface area contributed by atoms with Gasteiger partial charge in [-0.1, -0.05) is 0 Å². The van der Waals surface area contributed by atoms with Gasteiger partial charge in [-0.05, 0) is 25.0 Å². The van der Waals surface area contributed by atoms with Gasteiger partial charge in [0.15, 0.2) is 0 Å². The maximum absolute atomic E-state index is 11.8. The molecular formula is C15H21N5O. The number of nitriles is 1. The molecule has 2 rings (SSSR count). The van der Waals surface area contributed by atoms with Crippen LogP contribution in [0, 0.1) is 11.3 Å². The minimum Gasteiger partial charge on any atom is -0.367 e. The molecule has 6 nitrogen and oxygen atoms in total. The fourth-order valence-electron chi connectivity index (χ4n) is 2.41. The topological polar surface area (TPSA) is 72.3 Å². The number of carbonyl (C=O) groups is 1. The third-order valence-electron chi connectivity index (χ3n) is 3.65. The van der Waals surface area contributed by atoms with Gasteiger partial charge in [0, 0.05) is 39.4 Å². The molecule has 1 aromatic heterocycles. The van der Waals surface area contributed by atoms with Crippen LogP contribution in [-0.4, -0.2) is 60.5 Å². The second kappa shape index (κ2) is 7.04. The van der Waals surface area contributed by atoms with Gasteiger partial charge >= 0.3 is 0 Å². The first-order valence-corrected chi connectivity index (χ1v) is 7.13. The van der Waals surface area contributed by atoms with Crippen LogP contribution in [0.3, 0.4) is 0 Å². The summed E-state index contributed by atoms with van der Waals surface area (Å²) in [6.07, 6.45) is 3.61. The molecule has 1 aliphatic rings. The Morgan fingerprint density at radius 1 is 1.48 bits per heavy atom. The fourth-order valence-corrected chi connectivity index (χ4v) is 2.41. The number of anilines is 1. The van der Waals surface area contributed by atoms with E-state index < -0.39 is 0 Å². The average molecular weight is 287 g/mol. The minimum atomic E-state index is -0.0427. The van der Waals surface area contributed by atoms with Gasteiger partial charge in [-0.3, -0.25) is 9.69 Å². The molecule has 0 bridgehead atoms. The van der Waals surface area contributed by atoms with Gasteiger partial charge in [-0.2, -0.15) is 5.26 Å². The van der Waals surface area contributed by atoms with Gasteiger partial charge in [0.2, 0.25) is 0 Å². The highest BCUT2D eigenvalue weighted by molar-refractivity contribution is 5.93. The number of amides is 1. The molecule has 1 amide bonds. The van der Waals surface area contributed by atoms with Crippen molar-refractivity contribution in [2.75, 3.05) is 39.0 Å². The number of pyridine rings is 1. The molecule has 0 aromatic carbocycles. The molecule has 21 heavy (non-hydrogen) atoms. The van der Waals surface area contributed by atoms with E-state index in [1.54, 1.807) is 26.4 Å².